The van der Waals surface area contributed by atoms with Gasteiger partial charge in [0, 0.05) is 35.8 Å². The fraction of sp³-hybridized carbons (Fsp3) is 0.158. The second-order valence-electron chi connectivity index (χ2n) is 5.78. The van der Waals surface area contributed by atoms with Crippen molar-refractivity contribution in [2.75, 3.05) is 35.9 Å². The lowest BCUT2D eigenvalue weighted by atomic mass is 10.2. The normalized spacial score (nSPS) is 10.5. The van der Waals surface area contributed by atoms with Crippen LogP contribution >= 0.6 is 11.8 Å². The Morgan fingerprint density at radius 2 is 1.64 bits per heavy atom. The second-order valence-corrected chi connectivity index (χ2v) is 6.66. The summed E-state index contributed by atoms with van der Waals surface area (Å²) >= 11 is 1.67. The number of hydrogen-bond donors (Lipinski definition) is 2. The number of carbonyl (C=O) groups excluding carboxylic acids is 1. The van der Waals surface area contributed by atoms with E-state index in [0.29, 0.717) is 0 Å². The molecule has 0 atom stereocenters. The Hall–Kier alpha value is -2.73. The van der Waals surface area contributed by atoms with E-state index in [9.17, 15) is 4.79 Å². The van der Waals surface area contributed by atoms with Crippen LogP contribution in [0.4, 0.5) is 22.0 Å². The van der Waals surface area contributed by atoms with Crippen molar-refractivity contribution >= 4 is 45.9 Å². The van der Waals surface area contributed by atoms with Crippen molar-refractivity contribution in [3.05, 3.63) is 54.6 Å². The van der Waals surface area contributed by atoms with Gasteiger partial charge in [-0.1, -0.05) is 0 Å². The first-order valence-corrected chi connectivity index (χ1v) is 9.08. The van der Waals surface area contributed by atoms with Crippen molar-refractivity contribution in [3.63, 3.8) is 0 Å². The molecule has 0 aliphatic heterocycles. The molecule has 0 saturated heterocycles. The van der Waals surface area contributed by atoms with Crippen LogP contribution in [0.1, 0.15) is 0 Å². The molecule has 3 aromatic rings. The number of nitrogens with one attached hydrogen (secondary N) is 2. The molecular formula is C19H20N4OS. The number of carbonyl (C=O) groups is 1. The van der Waals surface area contributed by atoms with E-state index in [1.165, 1.54) is 0 Å². The maximum Gasteiger partial charge on any atom is 0.323 e. The zero-order valence-electron chi connectivity index (χ0n) is 14.4. The van der Waals surface area contributed by atoms with E-state index in [-0.39, 0.29) is 6.03 Å². The summed E-state index contributed by atoms with van der Waals surface area (Å²) in [4.78, 5) is 19.9. The van der Waals surface area contributed by atoms with Crippen LogP contribution in [0.5, 0.6) is 0 Å². The predicted octanol–water partition coefficient (Wildman–Crippen LogP) is 4.67. The van der Waals surface area contributed by atoms with Crippen LogP contribution < -0.4 is 15.5 Å². The standard InChI is InChI=1S/C19H20N4OS/c1-23(2)18-11-4-13-12-15(7-10-17(13)22-18)21-19(24)20-14-5-8-16(25-3)9-6-14/h4-12H,1-3H3,(H2,20,21,24). The quantitative estimate of drug-likeness (QED) is 0.670. The van der Waals surface area contributed by atoms with Crippen molar-refractivity contribution in [1.82, 2.24) is 4.98 Å². The van der Waals surface area contributed by atoms with Crippen molar-refractivity contribution in [2.24, 2.45) is 0 Å². The number of thioether (sulfide) groups is 1. The summed E-state index contributed by atoms with van der Waals surface area (Å²) in [5.74, 6) is 0.902. The third-order valence-corrected chi connectivity index (χ3v) is 4.48. The summed E-state index contributed by atoms with van der Waals surface area (Å²) in [5.41, 5.74) is 2.38. The van der Waals surface area contributed by atoms with Gasteiger partial charge in [0.2, 0.25) is 0 Å². The molecule has 0 bridgehead atoms. The smallest absolute Gasteiger partial charge is 0.323 e. The van der Waals surface area contributed by atoms with E-state index in [1.807, 2.05) is 79.8 Å². The van der Waals surface area contributed by atoms with Gasteiger partial charge in [-0.2, -0.15) is 0 Å². The lowest BCUT2D eigenvalue weighted by molar-refractivity contribution is 0.262. The van der Waals surface area contributed by atoms with E-state index >= 15 is 0 Å². The third-order valence-electron chi connectivity index (χ3n) is 3.74. The van der Waals surface area contributed by atoms with Gasteiger partial charge in [0.25, 0.3) is 0 Å². The first-order chi connectivity index (χ1) is 12.0. The van der Waals surface area contributed by atoms with E-state index in [1.54, 1.807) is 11.8 Å². The number of hydrogen-bond acceptors (Lipinski definition) is 4. The maximum absolute atomic E-state index is 12.2. The topological polar surface area (TPSA) is 57.3 Å². The van der Waals surface area contributed by atoms with Gasteiger partial charge >= 0.3 is 6.03 Å². The summed E-state index contributed by atoms with van der Waals surface area (Å²) in [6.45, 7) is 0. The summed E-state index contributed by atoms with van der Waals surface area (Å²) < 4.78 is 0. The Labute approximate surface area is 151 Å². The average Bonchev–Trinajstić information content (AvgIpc) is 2.61. The molecule has 0 saturated carbocycles. The van der Waals surface area contributed by atoms with Crippen molar-refractivity contribution in [2.45, 2.75) is 4.90 Å². The predicted molar refractivity (Wildman–Crippen MR) is 107 cm³/mol. The first kappa shape index (κ1) is 17.1. The largest absolute Gasteiger partial charge is 0.363 e. The Morgan fingerprint density at radius 3 is 2.32 bits per heavy atom. The molecular weight excluding hydrogens is 332 g/mol. The van der Waals surface area contributed by atoms with Gasteiger partial charge in [-0.25, -0.2) is 9.78 Å². The summed E-state index contributed by atoms with van der Waals surface area (Å²) in [6.07, 6.45) is 2.02. The molecule has 6 heteroatoms. The van der Waals surface area contributed by atoms with Gasteiger partial charge in [-0.05, 0) is 60.9 Å². The second kappa shape index (κ2) is 7.44. The maximum atomic E-state index is 12.2. The fourth-order valence-electron chi connectivity index (χ4n) is 2.41. The van der Waals surface area contributed by atoms with Crippen molar-refractivity contribution < 1.29 is 4.79 Å². The molecule has 25 heavy (non-hydrogen) atoms. The zero-order valence-corrected chi connectivity index (χ0v) is 15.2. The fourth-order valence-corrected chi connectivity index (χ4v) is 2.82. The molecule has 2 aromatic carbocycles. The molecule has 0 spiro atoms. The van der Waals surface area contributed by atoms with Crippen LogP contribution in [0.2, 0.25) is 0 Å². The third kappa shape index (κ3) is 4.22. The highest BCUT2D eigenvalue weighted by Crippen LogP contribution is 2.21. The number of amides is 2. The number of aromatic nitrogens is 1. The van der Waals surface area contributed by atoms with Crippen molar-refractivity contribution in [3.8, 4) is 0 Å². The number of pyridine rings is 1. The Morgan fingerprint density at radius 1 is 0.960 bits per heavy atom. The molecule has 0 radical (unpaired) electrons. The Kier molecular flexibility index (Phi) is 5.09. The lowest BCUT2D eigenvalue weighted by Crippen LogP contribution is -2.19. The van der Waals surface area contributed by atoms with E-state index in [4.69, 9.17) is 0 Å². The van der Waals surface area contributed by atoms with Crippen LogP contribution in [0, 0.1) is 0 Å². The molecule has 0 unspecified atom stereocenters. The number of fused-ring (bicyclic) bond motifs is 1. The van der Waals surface area contributed by atoms with E-state index in [0.717, 1.165) is 33.0 Å². The Bertz CT molecular complexity index is 894. The van der Waals surface area contributed by atoms with Crippen LogP contribution in [0.15, 0.2) is 59.5 Å². The molecule has 2 N–H and O–H groups in total. The van der Waals surface area contributed by atoms with Gasteiger partial charge in [-0.3, -0.25) is 0 Å². The Balaban J connectivity index is 1.71. The number of benzene rings is 2. The minimum atomic E-state index is -0.269. The molecule has 1 aromatic heterocycles. The molecule has 1 heterocycles. The highest BCUT2D eigenvalue weighted by molar-refractivity contribution is 7.98. The van der Waals surface area contributed by atoms with Gasteiger partial charge in [0.1, 0.15) is 5.82 Å². The lowest BCUT2D eigenvalue weighted by Gasteiger charge is -2.12. The molecule has 5 nitrogen and oxygen atoms in total. The van der Waals surface area contributed by atoms with Crippen molar-refractivity contribution in [1.29, 1.82) is 0 Å². The SMILES string of the molecule is CSc1ccc(NC(=O)Nc2ccc3nc(N(C)C)ccc3c2)cc1. The van der Waals surface area contributed by atoms with Gasteiger partial charge in [0.05, 0.1) is 5.52 Å². The van der Waals surface area contributed by atoms with Crippen LogP contribution in [0.3, 0.4) is 0 Å². The number of urea groups is 1. The number of rotatable bonds is 4. The monoisotopic (exact) mass is 352 g/mol. The first-order valence-electron chi connectivity index (χ1n) is 7.85. The van der Waals surface area contributed by atoms with Gasteiger partial charge < -0.3 is 15.5 Å². The minimum Gasteiger partial charge on any atom is -0.363 e. The molecule has 0 fully saturated rings. The van der Waals surface area contributed by atoms with Crippen LogP contribution in [0.25, 0.3) is 10.9 Å². The highest BCUT2D eigenvalue weighted by atomic mass is 32.2. The van der Waals surface area contributed by atoms with Crippen LogP contribution in [-0.4, -0.2) is 31.4 Å². The summed E-state index contributed by atoms with van der Waals surface area (Å²) in [6, 6.07) is 17.1. The van der Waals surface area contributed by atoms with Crippen LogP contribution in [-0.2, 0) is 0 Å². The minimum absolute atomic E-state index is 0.269. The van der Waals surface area contributed by atoms with Gasteiger partial charge in [0.15, 0.2) is 0 Å². The van der Waals surface area contributed by atoms with E-state index in [2.05, 4.69) is 15.6 Å². The molecule has 128 valence electrons. The number of anilines is 3. The average molecular weight is 352 g/mol. The molecule has 3 rings (SSSR count). The number of nitrogens with zero attached hydrogens (tertiary/aromatic N) is 2. The molecule has 0 aliphatic carbocycles. The summed E-state index contributed by atoms with van der Waals surface area (Å²) in [5, 5.41) is 6.67. The van der Waals surface area contributed by atoms with Gasteiger partial charge in [-0.15, -0.1) is 11.8 Å². The highest BCUT2D eigenvalue weighted by Gasteiger charge is 2.05. The summed E-state index contributed by atoms with van der Waals surface area (Å²) in [7, 11) is 3.92. The molecule has 0 aliphatic rings. The zero-order chi connectivity index (χ0) is 17.8. The van der Waals surface area contributed by atoms with E-state index < -0.39 is 0 Å². The molecule has 2 amide bonds.